The van der Waals surface area contributed by atoms with Gasteiger partial charge in [0.15, 0.2) is 0 Å². The third-order valence-electron chi connectivity index (χ3n) is 2.90. The van der Waals surface area contributed by atoms with Gasteiger partial charge in [0.2, 0.25) is 0 Å². The minimum Gasteiger partial charge on any atom is -0.477 e. The summed E-state index contributed by atoms with van der Waals surface area (Å²) in [6.45, 7) is 7.69. The normalized spacial score (nSPS) is 13.8. The maximum atomic E-state index is 10.9. The lowest BCUT2D eigenvalue weighted by Gasteiger charge is -1.98. The Kier molecular flexibility index (Phi) is 4.42. The Morgan fingerprint density at radius 1 is 1.38 bits per heavy atom. The Labute approximate surface area is 127 Å². The molecule has 0 atom stereocenters. The first-order chi connectivity index (χ1) is 10.0. The van der Waals surface area contributed by atoms with Crippen LogP contribution in [-0.2, 0) is 0 Å². The smallest absolute Gasteiger partial charge is 0.345 e. The molecule has 0 radical (unpaired) electrons. The Bertz CT molecular complexity index is 746. The van der Waals surface area contributed by atoms with Crippen molar-refractivity contribution in [2.24, 2.45) is 5.92 Å². The molecule has 21 heavy (non-hydrogen) atoms. The maximum Gasteiger partial charge on any atom is 0.345 e. The molecule has 1 heterocycles. The molecule has 1 aromatic heterocycles. The molecule has 104 valence electrons. The summed E-state index contributed by atoms with van der Waals surface area (Å²) in [5.74, 6) is 5.44. The summed E-state index contributed by atoms with van der Waals surface area (Å²) in [7, 11) is 0. The second-order valence-corrected chi connectivity index (χ2v) is 5.77. The van der Waals surface area contributed by atoms with Crippen molar-refractivity contribution < 1.29 is 9.90 Å². The Hall–Kier alpha value is -2.56. The SMILES string of the molecule is C=C(C#CC1CC1)/C(C#N)=C\C(=C)c1ccc(C(=O)O)s1. The molecule has 0 unspecified atom stereocenters. The van der Waals surface area contributed by atoms with E-state index in [1.54, 1.807) is 12.1 Å². The molecule has 0 aliphatic heterocycles. The molecule has 1 aromatic rings. The van der Waals surface area contributed by atoms with Crippen LogP contribution in [0.2, 0.25) is 0 Å². The van der Waals surface area contributed by atoms with Gasteiger partial charge >= 0.3 is 5.97 Å². The maximum absolute atomic E-state index is 10.9. The highest BCUT2D eigenvalue weighted by molar-refractivity contribution is 7.15. The fourth-order valence-corrected chi connectivity index (χ4v) is 2.33. The second kappa shape index (κ2) is 6.26. The minimum atomic E-state index is -0.969. The van der Waals surface area contributed by atoms with Gasteiger partial charge in [-0.3, -0.25) is 0 Å². The summed E-state index contributed by atoms with van der Waals surface area (Å²) in [6.07, 6.45) is 3.83. The van der Waals surface area contributed by atoms with Crippen LogP contribution in [-0.4, -0.2) is 11.1 Å². The molecule has 0 spiro atoms. The van der Waals surface area contributed by atoms with Gasteiger partial charge in [0, 0.05) is 16.4 Å². The largest absolute Gasteiger partial charge is 0.477 e. The van der Waals surface area contributed by atoms with E-state index < -0.39 is 5.97 Å². The van der Waals surface area contributed by atoms with Crippen LogP contribution >= 0.6 is 11.3 Å². The van der Waals surface area contributed by atoms with Gasteiger partial charge in [-0.15, -0.1) is 11.3 Å². The number of carboxylic acids is 1. The van der Waals surface area contributed by atoms with Crippen LogP contribution in [0.4, 0.5) is 0 Å². The van der Waals surface area contributed by atoms with Crippen LogP contribution in [0.5, 0.6) is 0 Å². The number of hydrogen-bond acceptors (Lipinski definition) is 3. The number of aromatic carboxylic acids is 1. The van der Waals surface area contributed by atoms with Crippen LogP contribution in [0.1, 0.15) is 27.4 Å². The topological polar surface area (TPSA) is 61.1 Å². The Morgan fingerprint density at radius 2 is 2.05 bits per heavy atom. The monoisotopic (exact) mass is 295 g/mol. The van der Waals surface area contributed by atoms with Crippen molar-refractivity contribution in [3.05, 3.63) is 52.3 Å². The molecule has 4 heteroatoms. The molecule has 0 aromatic carbocycles. The quantitative estimate of drug-likeness (QED) is 0.521. The van der Waals surface area contributed by atoms with Crippen LogP contribution in [0.3, 0.4) is 0 Å². The van der Waals surface area contributed by atoms with E-state index in [2.05, 4.69) is 31.1 Å². The zero-order chi connectivity index (χ0) is 15.4. The summed E-state index contributed by atoms with van der Waals surface area (Å²) >= 11 is 1.12. The molecule has 2 rings (SSSR count). The highest BCUT2D eigenvalue weighted by Crippen LogP contribution is 2.28. The number of carboxylic acid groups (broad SMARTS) is 1. The first-order valence-electron chi connectivity index (χ1n) is 6.36. The number of hydrogen-bond donors (Lipinski definition) is 1. The molecule has 0 amide bonds. The number of rotatable bonds is 4. The number of nitriles is 1. The van der Waals surface area contributed by atoms with E-state index in [0.29, 0.717) is 27.5 Å². The van der Waals surface area contributed by atoms with Crippen molar-refractivity contribution in [1.82, 2.24) is 0 Å². The van der Waals surface area contributed by atoms with Crippen LogP contribution < -0.4 is 0 Å². The summed E-state index contributed by atoms with van der Waals surface area (Å²) in [4.78, 5) is 11.8. The van der Waals surface area contributed by atoms with E-state index >= 15 is 0 Å². The van der Waals surface area contributed by atoms with Gasteiger partial charge in [0.05, 0.1) is 5.57 Å². The predicted octanol–water partition coefficient (Wildman–Crippen LogP) is 3.88. The standard InChI is InChI=1S/C17H13NO2S/c1-11(3-4-13-5-6-13)14(10-18)9-12(2)15-7-8-16(21-15)17(19)20/h7-9,13H,1-2,5-6H2,(H,19,20)/b14-9-. The lowest BCUT2D eigenvalue weighted by molar-refractivity contribution is 0.0702. The van der Waals surface area contributed by atoms with E-state index in [1.165, 1.54) is 6.07 Å². The van der Waals surface area contributed by atoms with Gasteiger partial charge in [-0.25, -0.2) is 4.79 Å². The van der Waals surface area contributed by atoms with Crippen LogP contribution in [0.15, 0.2) is 42.5 Å². The molecule has 0 saturated heterocycles. The summed E-state index contributed by atoms with van der Waals surface area (Å²) in [5.41, 5.74) is 1.41. The average molecular weight is 295 g/mol. The van der Waals surface area contributed by atoms with Crippen molar-refractivity contribution in [3.8, 4) is 17.9 Å². The molecule has 3 nitrogen and oxygen atoms in total. The number of nitrogens with zero attached hydrogens (tertiary/aromatic N) is 1. The van der Waals surface area contributed by atoms with Crippen molar-refractivity contribution in [1.29, 1.82) is 5.26 Å². The highest BCUT2D eigenvalue weighted by Gasteiger charge is 2.18. The first kappa shape index (κ1) is 14.8. The molecule has 1 fully saturated rings. The van der Waals surface area contributed by atoms with E-state index in [0.717, 1.165) is 24.2 Å². The zero-order valence-electron chi connectivity index (χ0n) is 11.3. The number of allylic oxidation sites excluding steroid dienone is 4. The minimum absolute atomic E-state index is 0.241. The molecule has 1 saturated carbocycles. The van der Waals surface area contributed by atoms with Gasteiger partial charge in [-0.2, -0.15) is 5.26 Å². The zero-order valence-corrected chi connectivity index (χ0v) is 12.2. The summed E-state index contributed by atoms with van der Waals surface area (Å²) < 4.78 is 0. The summed E-state index contributed by atoms with van der Waals surface area (Å²) in [5, 5.41) is 18.1. The molecule has 1 aliphatic rings. The highest BCUT2D eigenvalue weighted by atomic mass is 32.1. The lowest BCUT2D eigenvalue weighted by Crippen LogP contribution is -1.89. The van der Waals surface area contributed by atoms with Gasteiger partial charge in [-0.05, 0) is 36.6 Å². The van der Waals surface area contributed by atoms with Crippen LogP contribution in [0, 0.1) is 29.1 Å². The average Bonchev–Trinajstić information content (AvgIpc) is 3.15. The van der Waals surface area contributed by atoms with Gasteiger partial charge in [-0.1, -0.05) is 25.0 Å². The van der Waals surface area contributed by atoms with E-state index in [9.17, 15) is 10.1 Å². The van der Waals surface area contributed by atoms with Crippen molar-refractivity contribution in [2.45, 2.75) is 12.8 Å². The molecular formula is C17H13NO2S. The molecule has 0 bridgehead atoms. The number of carbonyl (C=O) groups is 1. The van der Waals surface area contributed by atoms with E-state index in [4.69, 9.17) is 5.11 Å². The predicted molar refractivity (Wildman–Crippen MR) is 83.6 cm³/mol. The summed E-state index contributed by atoms with van der Waals surface area (Å²) in [6, 6.07) is 5.27. The first-order valence-corrected chi connectivity index (χ1v) is 7.18. The lowest BCUT2D eigenvalue weighted by atomic mass is 10.1. The van der Waals surface area contributed by atoms with E-state index in [1.807, 2.05) is 0 Å². The molecule has 1 N–H and O–H groups in total. The Balaban J connectivity index is 2.16. The van der Waals surface area contributed by atoms with Crippen molar-refractivity contribution >= 4 is 22.9 Å². The van der Waals surface area contributed by atoms with Gasteiger partial charge in [0.1, 0.15) is 10.9 Å². The fraction of sp³-hybridized carbons (Fsp3) is 0.176. The Morgan fingerprint density at radius 3 is 2.57 bits per heavy atom. The number of thiophene rings is 1. The van der Waals surface area contributed by atoms with Gasteiger partial charge < -0.3 is 5.11 Å². The third-order valence-corrected chi connectivity index (χ3v) is 4.05. The second-order valence-electron chi connectivity index (χ2n) is 4.69. The van der Waals surface area contributed by atoms with Gasteiger partial charge in [0.25, 0.3) is 0 Å². The van der Waals surface area contributed by atoms with Crippen molar-refractivity contribution in [3.63, 3.8) is 0 Å². The molecule has 1 aliphatic carbocycles. The third kappa shape index (κ3) is 3.95. The molecular weight excluding hydrogens is 282 g/mol. The van der Waals surface area contributed by atoms with E-state index in [-0.39, 0.29) is 4.88 Å². The fourth-order valence-electron chi connectivity index (χ4n) is 1.54. The van der Waals surface area contributed by atoms with Crippen LogP contribution in [0.25, 0.3) is 5.57 Å². The van der Waals surface area contributed by atoms with Crippen molar-refractivity contribution in [2.75, 3.05) is 0 Å².